The molecule has 0 aliphatic carbocycles. The molecule has 2 amide bonds. The highest BCUT2D eigenvalue weighted by Crippen LogP contribution is 2.23. The van der Waals surface area contributed by atoms with Crippen LogP contribution in [0.1, 0.15) is 12.8 Å². The van der Waals surface area contributed by atoms with Gasteiger partial charge in [0.2, 0.25) is 11.8 Å². The second kappa shape index (κ2) is 8.09. The molecule has 0 radical (unpaired) electrons. The lowest BCUT2D eigenvalue weighted by Crippen LogP contribution is -2.43. The second-order valence-electron chi connectivity index (χ2n) is 6.37. The van der Waals surface area contributed by atoms with Crippen LogP contribution < -0.4 is 10.9 Å². The van der Waals surface area contributed by atoms with E-state index in [1.54, 1.807) is 0 Å². The molecule has 8 heteroatoms. The Bertz CT molecular complexity index is 928. The van der Waals surface area contributed by atoms with Crippen molar-refractivity contribution >= 4 is 44.2 Å². The maximum atomic E-state index is 11.9. The van der Waals surface area contributed by atoms with E-state index < -0.39 is 9.84 Å². The zero-order chi connectivity index (χ0) is 18.6. The molecule has 0 bridgehead atoms. The van der Waals surface area contributed by atoms with Crippen LogP contribution in [0.5, 0.6) is 0 Å². The van der Waals surface area contributed by atoms with E-state index in [4.69, 9.17) is 0 Å². The van der Waals surface area contributed by atoms with Gasteiger partial charge in [-0.05, 0) is 35.2 Å². The van der Waals surface area contributed by atoms with Crippen molar-refractivity contribution in [2.75, 3.05) is 17.3 Å². The van der Waals surface area contributed by atoms with Gasteiger partial charge in [0.25, 0.3) is 0 Å². The Balaban J connectivity index is 1.41. The molecule has 1 fully saturated rings. The third-order valence-corrected chi connectivity index (χ3v) is 7.06. The number of hydrogen-bond donors (Lipinski definition) is 2. The average Bonchev–Trinajstić information content (AvgIpc) is 2.96. The normalized spacial score (nSPS) is 18.5. The van der Waals surface area contributed by atoms with Crippen molar-refractivity contribution in [3.8, 4) is 0 Å². The maximum absolute atomic E-state index is 11.9. The van der Waals surface area contributed by atoms with Crippen LogP contribution in [0.25, 0.3) is 10.8 Å². The molecule has 0 saturated carbocycles. The molecule has 2 N–H and O–H groups in total. The van der Waals surface area contributed by atoms with E-state index in [9.17, 15) is 18.0 Å². The molecule has 6 nitrogen and oxygen atoms in total. The highest BCUT2D eigenvalue weighted by atomic mass is 32.2. The van der Waals surface area contributed by atoms with Gasteiger partial charge < -0.3 is 0 Å². The van der Waals surface area contributed by atoms with Crippen molar-refractivity contribution in [3.63, 3.8) is 0 Å². The minimum absolute atomic E-state index is 0.0478. The second-order valence-corrected chi connectivity index (χ2v) is 9.64. The monoisotopic (exact) mass is 392 g/mol. The van der Waals surface area contributed by atoms with Crippen molar-refractivity contribution in [1.82, 2.24) is 10.9 Å². The van der Waals surface area contributed by atoms with Crippen LogP contribution in [-0.4, -0.2) is 37.5 Å². The summed E-state index contributed by atoms with van der Waals surface area (Å²) in [5.74, 6) is -0.474. The minimum atomic E-state index is -3.00. The van der Waals surface area contributed by atoms with Gasteiger partial charge in [-0.3, -0.25) is 20.4 Å². The van der Waals surface area contributed by atoms with Crippen LogP contribution in [0.2, 0.25) is 0 Å². The lowest BCUT2D eigenvalue weighted by molar-refractivity contribution is -0.128. The quantitative estimate of drug-likeness (QED) is 0.599. The molecule has 1 saturated heterocycles. The smallest absolute Gasteiger partial charge is 0.248 e. The Morgan fingerprint density at radius 1 is 1.04 bits per heavy atom. The summed E-state index contributed by atoms with van der Waals surface area (Å²) in [7, 11) is -3.00. The Labute approximate surface area is 156 Å². The van der Waals surface area contributed by atoms with E-state index in [0.717, 1.165) is 15.7 Å². The summed E-state index contributed by atoms with van der Waals surface area (Å²) < 4.78 is 22.8. The van der Waals surface area contributed by atoms with Crippen molar-refractivity contribution in [2.24, 2.45) is 5.92 Å². The molecule has 3 rings (SSSR count). The number of rotatable bonds is 5. The molecule has 1 aliphatic rings. The molecule has 26 heavy (non-hydrogen) atoms. The molecule has 0 spiro atoms. The molecule has 1 atom stereocenters. The summed E-state index contributed by atoms with van der Waals surface area (Å²) in [4.78, 5) is 24.7. The number of thioether (sulfide) groups is 1. The number of fused-ring (bicyclic) bond motifs is 1. The summed E-state index contributed by atoms with van der Waals surface area (Å²) in [5, 5.41) is 2.25. The van der Waals surface area contributed by atoms with Gasteiger partial charge in [-0.25, -0.2) is 8.42 Å². The third-order valence-electron chi connectivity index (χ3n) is 4.23. The number of nitrogens with one attached hydrogen (secondary N) is 2. The van der Waals surface area contributed by atoms with Gasteiger partial charge in [0, 0.05) is 11.3 Å². The lowest BCUT2D eigenvalue weighted by atomic mass is 10.1. The summed E-state index contributed by atoms with van der Waals surface area (Å²) in [6.07, 6.45) is 0.610. The zero-order valence-corrected chi connectivity index (χ0v) is 15.7. The fourth-order valence-corrected chi connectivity index (χ4v) is 5.53. The molecule has 1 heterocycles. The predicted octanol–water partition coefficient (Wildman–Crippen LogP) is 1.90. The van der Waals surface area contributed by atoms with E-state index in [2.05, 4.69) is 10.9 Å². The number of hydrogen-bond acceptors (Lipinski definition) is 5. The SMILES string of the molecule is O=C(CSc1ccc2ccccc2c1)NNC(=O)C[C@H]1CCS(=O)(=O)C1. The van der Waals surface area contributed by atoms with Crippen molar-refractivity contribution in [1.29, 1.82) is 0 Å². The van der Waals surface area contributed by atoms with Gasteiger partial charge in [0.1, 0.15) is 0 Å². The standard InChI is InChI=1S/C18H20N2O4S2/c21-17(9-13-7-8-26(23,24)12-13)19-20-18(22)11-25-16-6-5-14-3-1-2-4-15(14)10-16/h1-6,10,13H,7-9,11-12H2,(H,19,21)(H,20,22)/t13-/m1/s1. The highest BCUT2D eigenvalue weighted by molar-refractivity contribution is 8.00. The first-order chi connectivity index (χ1) is 12.4. The molecule has 138 valence electrons. The topological polar surface area (TPSA) is 92.3 Å². The number of carbonyl (C=O) groups is 2. The van der Waals surface area contributed by atoms with Crippen LogP contribution in [0.4, 0.5) is 0 Å². The summed E-state index contributed by atoms with van der Waals surface area (Å²) in [6, 6.07) is 14.0. The van der Waals surface area contributed by atoms with Gasteiger partial charge >= 0.3 is 0 Å². The fourth-order valence-electron chi connectivity index (χ4n) is 2.93. The average molecular weight is 393 g/mol. The van der Waals surface area contributed by atoms with Gasteiger partial charge in [-0.1, -0.05) is 30.3 Å². The minimum Gasteiger partial charge on any atom is -0.273 e. The van der Waals surface area contributed by atoms with E-state index in [0.29, 0.717) is 6.42 Å². The van der Waals surface area contributed by atoms with Gasteiger partial charge in [0.15, 0.2) is 9.84 Å². The highest BCUT2D eigenvalue weighted by Gasteiger charge is 2.29. The predicted molar refractivity (Wildman–Crippen MR) is 102 cm³/mol. The number of benzene rings is 2. The largest absolute Gasteiger partial charge is 0.273 e. The third kappa shape index (κ3) is 5.22. The van der Waals surface area contributed by atoms with Crippen LogP contribution in [-0.2, 0) is 19.4 Å². The zero-order valence-electron chi connectivity index (χ0n) is 14.1. The van der Waals surface area contributed by atoms with E-state index in [-0.39, 0.29) is 41.4 Å². The summed E-state index contributed by atoms with van der Waals surface area (Å²) >= 11 is 1.39. The summed E-state index contributed by atoms with van der Waals surface area (Å²) in [6.45, 7) is 0. The van der Waals surface area contributed by atoms with Crippen LogP contribution in [0.3, 0.4) is 0 Å². The van der Waals surface area contributed by atoms with Gasteiger partial charge in [0.05, 0.1) is 17.3 Å². The first-order valence-corrected chi connectivity index (χ1v) is 11.1. The van der Waals surface area contributed by atoms with Crippen LogP contribution >= 0.6 is 11.8 Å². The molecule has 0 aromatic heterocycles. The van der Waals surface area contributed by atoms with Crippen molar-refractivity contribution in [3.05, 3.63) is 42.5 Å². The number of carbonyl (C=O) groups excluding carboxylic acids is 2. The first-order valence-electron chi connectivity index (χ1n) is 8.31. The van der Waals surface area contributed by atoms with E-state index in [1.165, 1.54) is 11.8 Å². The number of sulfone groups is 1. The number of amides is 2. The van der Waals surface area contributed by atoms with Crippen molar-refractivity contribution in [2.45, 2.75) is 17.7 Å². The van der Waals surface area contributed by atoms with Gasteiger partial charge in [-0.2, -0.15) is 0 Å². The van der Waals surface area contributed by atoms with Crippen LogP contribution in [0.15, 0.2) is 47.4 Å². The first kappa shape index (κ1) is 18.7. The number of hydrazine groups is 1. The molecular formula is C18H20N2O4S2. The molecule has 1 aliphatic heterocycles. The summed E-state index contributed by atoms with van der Waals surface area (Å²) in [5.41, 5.74) is 4.73. The Morgan fingerprint density at radius 2 is 1.77 bits per heavy atom. The molecular weight excluding hydrogens is 372 g/mol. The maximum Gasteiger partial charge on any atom is 0.248 e. The Kier molecular flexibility index (Phi) is 5.83. The Hall–Kier alpha value is -2.06. The fraction of sp³-hybridized carbons (Fsp3) is 0.333. The molecule has 2 aromatic carbocycles. The lowest BCUT2D eigenvalue weighted by Gasteiger charge is -2.10. The molecule has 2 aromatic rings. The van der Waals surface area contributed by atoms with Gasteiger partial charge in [-0.15, -0.1) is 11.8 Å². The molecule has 0 unspecified atom stereocenters. The van der Waals surface area contributed by atoms with E-state index >= 15 is 0 Å². The Morgan fingerprint density at radius 3 is 2.50 bits per heavy atom. The van der Waals surface area contributed by atoms with E-state index in [1.807, 2.05) is 42.5 Å². The van der Waals surface area contributed by atoms with Crippen LogP contribution in [0, 0.1) is 5.92 Å². The van der Waals surface area contributed by atoms with Crippen molar-refractivity contribution < 1.29 is 18.0 Å².